The van der Waals surface area contributed by atoms with Gasteiger partial charge in [0.2, 0.25) is 0 Å². The summed E-state index contributed by atoms with van der Waals surface area (Å²) in [5, 5.41) is 0. The van der Waals surface area contributed by atoms with Crippen LogP contribution in [0.25, 0.3) is 0 Å². The van der Waals surface area contributed by atoms with E-state index < -0.39 is 9.74 Å². The third-order valence-electron chi connectivity index (χ3n) is 3.08. The Morgan fingerprint density at radius 1 is 1.00 bits per heavy atom. The van der Waals surface area contributed by atoms with Crippen molar-refractivity contribution in [3.63, 3.8) is 0 Å². The summed E-state index contributed by atoms with van der Waals surface area (Å²) in [6.45, 7) is 3.60. The van der Waals surface area contributed by atoms with Gasteiger partial charge in [-0.05, 0) is 13.8 Å². The van der Waals surface area contributed by atoms with Gasteiger partial charge in [0.1, 0.15) is 0 Å². The van der Waals surface area contributed by atoms with Crippen LogP contribution in [-0.4, -0.2) is 45.5 Å². The molecule has 0 aromatic carbocycles. The van der Waals surface area contributed by atoms with Crippen molar-refractivity contribution in [2.75, 3.05) is 14.1 Å². The second-order valence-corrected chi connectivity index (χ2v) is 5.59. The molecule has 0 saturated carbocycles. The zero-order valence-corrected chi connectivity index (χ0v) is 8.94. The molecule has 72 valence electrons. The maximum absolute atomic E-state index is 11.8. The van der Waals surface area contributed by atoms with Crippen LogP contribution in [0, 0.1) is 0 Å². The van der Waals surface area contributed by atoms with Crippen LogP contribution in [0.15, 0.2) is 0 Å². The Morgan fingerprint density at radius 2 is 1.31 bits per heavy atom. The van der Waals surface area contributed by atoms with Crippen molar-refractivity contribution in [1.82, 2.24) is 9.80 Å². The maximum atomic E-state index is 11.8. The molecular weight excluding hydrogens is 188 g/mol. The summed E-state index contributed by atoms with van der Waals surface area (Å²) in [4.78, 5) is 25.2. The van der Waals surface area contributed by atoms with Gasteiger partial charge >= 0.3 is 0 Å². The first-order valence-electron chi connectivity index (χ1n) is 4.11. The number of amides is 2. The average Bonchev–Trinajstić information content (AvgIpc) is 2.36. The van der Waals surface area contributed by atoms with E-state index in [0.29, 0.717) is 0 Å². The number of carbonyl (C=O) groups excluding carboxylic acids is 2. The molecule has 0 aliphatic carbocycles. The lowest BCUT2D eigenvalue weighted by atomic mass is 10.1. The largest absolute Gasteiger partial charge is 0.320 e. The highest BCUT2D eigenvalue weighted by Gasteiger charge is 2.68. The highest BCUT2D eigenvalue weighted by atomic mass is 32.2. The SMILES string of the molecule is CN1C(=O)C2(C)SC1(C)C(=O)N2C. The molecule has 2 aliphatic rings. The molecule has 5 heteroatoms. The lowest BCUT2D eigenvalue weighted by molar-refractivity contribution is -0.156. The Hall–Kier alpha value is -0.710. The predicted molar refractivity (Wildman–Crippen MR) is 49.9 cm³/mol. The van der Waals surface area contributed by atoms with Gasteiger partial charge in [0, 0.05) is 14.1 Å². The molecular formula is C8H12N2O2S. The van der Waals surface area contributed by atoms with Gasteiger partial charge in [-0.2, -0.15) is 0 Å². The minimum Gasteiger partial charge on any atom is -0.320 e. The van der Waals surface area contributed by atoms with Gasteiger partial charge in [-0.15, -0.1) is 0 Å². The van der Waals surface area contributed by atoms with E-state index in [1.807, 2.05) is 0 Å². The molecule has 2 aliphatic heterocycles. The van der Waals surface area contributed by atoms with Gasteiger partial charge in [0.15, 0.2) is 9.74 Å². The molecule has 2 heterocycles. The summed E-state index contributed by atoms with van der Waals surface area (Å²) in [5.41, 5.74) is 0. The second-order valence-electron chi connectivity index (χ2n) is 3.80. The van der Waals surface area contributed by atoms with Crippen molar-refractivity contribution < 1.29 is 9.59 Å². The van der Waals surface area contributed by atoms with E-state index in [1.54, 1.807) is 37.7 Å². The standard InChI is InChI=1S/C8H12N2O2S/c1-7-5(11)10(4)8(2,13-7)6(12)9(7)3/h1-4H3. The van der Waals surface area contributed by atoms with Gasteiger partial charge in [-0.3, -0.25) is 9.59 Å². The van der Waals surface area contributed by atoms with E-state index in [2.05, 4.69) is 0 Å². The lowest BCUT2D eigenvalue weighted by Crippen LogP contribution is -2.60. The van der Waals surface area contributed by atoms with E-state index in [0.717, 1.165) is 0 Å². The van der Waals surface area contributed by atoms with Crippen molar-refractivity contribution in [2.24, 2.45) is 0 Å². The number of hydrogen-bond donors (Lipinski definition) is 0. The predicted octanol–water partition coefficient (Wildman–Crippen LogP) is 0.0960. The third-order valence-corrected chi connectivity index (χ3v) is 4.77. The fourth-order valence-corrected chi connectivity index (χ4v) is 3.57. The van der Waals surface area contributed by atoms with E-state index in [9.17, 15) is 9.59 Å². The van der Waals surface area contributed by atoms with Crippen LogP contribution in [0.4, 0.5) is 0 Å². The molecule has 0 aromatic heterocycles. The fourth-order valence-electron chi connectivity index (χ4n) is 1.91. The van der Waals surface area contributed by atoms with Crippen LogP contribution < -0.4 is 0 Å². The molecule has 2 unspecified atom stereocenters. The molecule has 2 saturated heterocycles. The number of fused-ring (bicyclic) bond motifs is 2. The Bertz CT molecular complexity index is 289. The van der Waals surface area contributed by atoms with Gasteiger partial charge in [0.25, 0.3) is 11.8 Å². The van der Waals surface area contributed by atoms with Crippen LogP contribution in [0.5, 0.6) is 0 Å². The van der Waals surface area contributed by atoms with E-state index in [1.165, 1.54) is 11.8 Å². The molecule has 2 atom stereocenters. The lowest BCUT2D eigenvalue weighted by Gasteiger charge is -2.36. The zero-order chi connectivity index (χ0) is 10.0. The van der Waals surface area contributed by atoms with Crippen LogP contribution >= 0.6 is 11.8 Å². The van der Waals surface area contributed by atoms with Crippen LogP contribution in [0.3, 0.4) is 0 Å². The van der Waals surface area contributed by atoms with Crippen LogP contribution in [0.1, 0.15) is 13.8 Å². The molecule has 13 heavy (non-hydrogen) atoms. The Morgan fingerprint density at radius 3 is 1.54 bits per heavy atom. The smallest absolute Gasteiger partial charge is 0.260 e. The number of rotatable bonds is 0. The highest BCUT2D eigenvalue weighted by Crippen LogP contribution is 2.55. The van der Waals surface area contributed by atoms with Crippen molar-refractivity contribution in [3.05, 3.63) is 0 Å². The third kappa shape index (κ3) is 0.701. The summed E-state index contributed by atoms with van der Waals surface area (Å²) in [5.74, 6) is 0.0317. The van der Waals surface area contributed by atoms with Gasteiger partial charge in [-0.1, -0.05) is 11.8 Å². The molecule has 4 nitrogen and oxygen atoms in total. The highest BCUT2D eigenvalue weighted by molar-refractivity contribution is 8.04. The number of piperazine rings is 1. The van der Waals surface area contributed by atoms with Crippen molar-refractivity contribution in [3.8, 4) is 0 Å². The fraction of sp³-hybridized carbons (Fsp3) is 0.750. The topological polar surface area (TPSA) is 40.6 Å². The first-order valence-corrected chi connectivity index (χ1v) is 4.92. The maximum Gasteiger partial charge on any atom is 0.260 e. The summed E-state index contributed by atoms with van der Waals surface area (Å²) in [6.07, 6.45) is 0. The minimum absolute atomic E-state index is 0.0158. The average molecular weight is 200 g/mol. The van der Waals surface area contributed by atoms with Crippen molar-refractivity contribution in [2.45, 2.75) is 23.6 Å². The first-order chi connectivity index (χ1) is 5.84. The Labute approximate surface area is 81.2 Å². The summed E-state index contributed by atoms with van der Waals surface area (Å²) in [7, 11) is 3.37. The van der Waals surface area contributed by atoms with Gasteiger partial charge in [0.05, 0.1) is 0 Å². The normalized spacial score (nSPS) is 43.7. The molecule has 2 amide bonds. The van der Waals surface area contributed by atoms with Crippen LogP contribution in [-0.2, 0) is 9.59 Å². The number of carbonyl (C=O) groups is 2. The monoisotopic (exact) mass is 200 g/mol. The second kappa shape index (κ2) is 2.03. The summed E-state index contributed by atoms with van der Waals surface area (Å²) in [6, 6.07) is 0. The zero-order valence-electron chi connectivity index (χ0n) is 8.12. The quantitative estimate of drug-likeness (QED) is 0.556. The summed E-state index contributed by atoms with van der Waals surface area (Å²) < 4.78 is 0. The molecule has 0 spiro atoms. The number of thioether (sulfide) groups is 1. The van der Waals surface area contributed by atoms with E-state index in [-0.39, 0.29) is 11.8 Å². The van der Waals surface area contributed by atoms with E-state index in [4.69, 9.17) is 0 Å². The van der Waals surface area contributed by atoms with Crippen LogP contribution in [0.2, 0.25) is 0 Å². The minimum atomic E-state index is -0.680. The number of hydrogen-bond acceptors (Lipinski definition) is 3. The molecule has 0 radical (unpaired) electrons. The van der Waals surface area contributed by atoms with Crippen molar-refractivity contribution in [1.29, 1.82) is 0 Å². The molecule has 0 N–H and O–H groups in total. The Balaban J connectivity index is 2.56. The molecule has 0 aromatic rings. The number of nitrogens with zero attached hydrogens (tertiary/aromatic N) is 2. The van der Waals surface area contributed by atoms with Gasteiger partial charge < -0.3 is 9.80 Å². The summed E-state index contributed by atoms with van der Waals surface area (Å²) >= 11 is 1.42. The number of likely N-dealkylation sites (N-methyl/N-ethyl adjacent to an activating group) is 2. The molecule has 2 fully saturated rings. The Kier molecular flexibility index (Phi) is 1.38. The molecule has 2 rings (SSSR count). The first kappa shape index (κ1) is 8.87. The van der Waals surface area contributed by atoms with Crippen molar-refractivity contribution >= 4 is 23.6 Å². The van der Waals surface area contributed by atoms with Gasteiger partial charge in [-0.25, -0.2) is 0 Å². The van der Waals surface area contributed by atoms with E-state index >= 15 is 0 Å². The molecule has 2 bridgehead atoms.